The first-order valence-electron chi connectivity index (χ1n) is 7.93. The zero-order valence-electron chi connectivity index (χ0n) is 13.2. The van der Waals surface area contributed by atoms with E-state index < -0.39 is 0 Å². The minimum Gasteiger partial charge on any atom is -0.467 e. The third-order valence-corrected chi connectivity index (χ3v) is 4.27. The molecule has 0 radical (unpaired) electrons. The largest absolute Gasteiger partial charge is 0.467 e. The number of aromatic nitrogens is 4. The standard InChI is InChI=1S/C17H17N5O2/c1-12(16-3-2-10-24-16)22(15-8-9-15)17(23)13-4-6-14(7-5-13)21-11-18-19-20-21/h2-7,10-12,15H,8-9H2,1H3/t12-/m0/s1. The number of amides is 1. The minimum atomic E-state index is -0.0841. The number of carbonyl (C=O) groups excluding carboxylic acids is 1. The number of rotatable bonds is 5. The lowest BCUT2D eigenvalue weighted by Gasteiger charge is -2.28. The molecule has 0 saturated heterocycles. The monoisotopic (exact) mass is 323 g/mol. The van der Waals surface area contributed by atoms with E-state index in [4.69, 9.17) is 4.42 Å². The van der Waals surface area contributed by atoms with Crippen molar-refractivity contribution in [2.45, 2.75) is 31.8 Å². The molecule has 0 N–H and O–H groups in total. The summed E-state index contributed by atoms with van der Waals surface area (Å²) in [7, 11) is 0. The van der Waals surface area contributed by atoms with Gasteiger partial charge in [0.15, 0.2) is 0 Å². The van der Waals surface area contributed by atoms with Gasteiger partial charge in [-0.15, -0.1) is 5.10 Å². The molecule has 0 aliphatic heterocycles. The molecule has 24 heavy (non-hydrogen) atoms. The van der Waals surface area contributed by atoms with Gasteiger partial charge < -0.3 is 9.32 Å². The Hall–Kier alpha value is -2.96. The van der Waals surface area contributed by atoms with Gasteiger partial charge in [-0.2, -0.15) is 0 Å². The van der Waals surface area contributed by atoms with Gasteiger partial charge in [0.25, 0.3) is 5.91 Å². The molecule has 0 bridgehead atoms. The zero-order valence-corrected chi connectivity index (χ0v) is 13.2. The Bertz CT molecular complexity index is 807. The molecule has 3 aromatic rings. The average molecular weight is 323 g/mol. The van der Waals surface area contributed by atoms with E-state index >= 15 is 0 Å². The number of furan rings is 1. The summed E-state index contributed by atoms with van der Waals surface area (Å²) >= 11 is 0. The molecule has 0 unspecified atom stereocenters. The van der Waals surface area contributed by atoms with Crippen molar-refractivity contribution >= 4 is 5.91 Å². The van der Waals surface area contributed by atoms with Gasteiger partial charge in [0, 0.05) is 11.6 Å². The molecule has 0 spiro atoms. The molecule has 7 heteroatoms. The Kier molecular flexibility index (Phi) is 3.60. The number of hydrogen-bond acceptors (Lipinski definition) is 5. The van der Waals surface area contributed by atoms with Gasteiger partial charge in [-0.3, -0.25) is 4.79 Å². The fraction of sp³-hybridized carbons (Fsp3) is 0.294. The molecular weight excluding hydrogens is 306 g/mol. The highest BCUT2D eigenvalue weighted by atomic mass is 16.3. The lowest BCUT2D eigenvalue weighted by molar-refractivity contribution is 0.0652. The maximum atomic E-state index is 13.0. The number of nitrogens with zero attached hydrogens (tertiary/aromatic N) is 5. The first-order chi connectivity index (χ1) is 11.7. The number of hydrogen-bond donors (Lipinski definition) is 0. The van der Waals surface area contributed by atoms with Crippen LogP contribution in [0.15, 0.2) is 53.4 Å². The number of benzene rings is 1. The molecule has 1 atom stereocenters. The number of carbonyl (C=O) groups is 1. The highest BCUT2D eigenvalue weighted by Gasteiger charge is 2.37. The maximum Gasteiger partial charge on any atom is 0.254 e. The first-order valence-corrected chi connectivity index (χ1v) is 7.93. The normalized spacial score (nSPS) is 15.2. The fourth-order valence-corrected chi connectivity index (χ4v) is 2.86. The van der Waals surface area contributed by atoms with Crippen LogP contribution in [0.2, 0.25) is 0 Å². The second-order valence-electron chi connectivity index (χ2n) is 5.94. The van der Waals surface area contributed by atoms with Crippen LogP contribution >= 0.6 is 0 Å². The Morgan fingerprint density at radius 2 is 2.08 bits per heavy atom. The van der Waals surface area contributed by atoms with Gasteiger partial charge in [-0.1, -0.05) is 0 Å². The SMILES string of the molecule is C[C@@H](c1ccco1)N(C(=O)c1ccc(-n2cnnn2)cc1)C1CC1. The van der Waals surface area contributed by atoms with Crippen molar-refractivity contribution in [2.24, 2.45) is 0 Å². The van der Waals surface area contributed by atoms with Crippen LogP contribution in [0.5, 0.6) is 0 Å². The summed E-state index contributed by atoms with van der Waals surface area (Å²) in [6.45, 7) is 2.00. The van der Waals surface area contributed by atoms with Crippen LogP contribution < -0.4 is 0 Å². The van der Waals surface area contributed by atoms with E-state index in [0.717, 1.165) is 24.3 Å². The predicted octanol–water partition coefficient (Wildman–Crippen LogP) is 2.62. The fourth-order valence-electron chi connectivity index (χ4n) is 2.86. The smallest absolute Gasteiger partial charge is 0.254 e. The molecular formula is C17H17N5O2. The van der Waals surface area contributed by atoms with Crippen molar-refractivity contribution in [3.05, 3.63) is 60.3 Å². The third-order valence-electron chi connectivity index (χ3n) is 4.27. The van der Waals surface area contributed by atoms with E-state index in [1.165, 1.54) is 6.33 Å². The Morgan fingerprint density at radius 1 is 1.29 bits per heavy atom. The summed E-state index contributed by atoms with van der Waals surface area (Å²) in [6, 6.07) is 11.3. The van der Waals surface area contributed by atoms with Crippen molar-refractivity contribution in [3.8, 4) is 5.69 Å². The highest BCUT2D eigenvalue weighted by Crippen LogP contribution is 2.35. The molecule has 2 aromatic heterocycles. The van der Waals surface area contributed by atoms with E-state index in [9.17, 15) is 4.79 Å². The first kappa shape index (κ1) is 14.6. The highest BCUT2D eigenvalue weighted by molar-refractivity contribution is 5.95. The number of tetrazole rings is 1. The van der Waals surface area contributed by atoms with Crippen LogP contribution in [-0.2, 0) is 0 Å². The van der Waals surface area contributed by atoms with Gasteiger partial charge in [0.1, 0.15) is 12.1 Å². The molecule has 1 fully saturated rings. The van der Waals surface area contributed by atoms with Crippen LogP contribution in [0.4, 0.5) is 0 Å². The second kappa shape index (κ2) is 5.92. The molecule has 4 rings (SSSR count). The van der Waals surface area contributed by atoms with Crippen LogP contribution in [0.25, 0.3) is 5.69 Å². The second-order valence-corrected chi connectivity index (χ2v) is 5.94. The zero-order chi connectivity index (χ0) is 16.5. The minimum absolute atomic E-state index is 0.0182. The van der Waals surface area contributed by atoms with E-state index in [0.29, 0.717) is 5.56 Å². The molecule has 2 heterocycles. The van der Waals surface area contributed by atoms with Gasteiger partial charge in [0.05, 0.1) is 18.0 Å². The van der Waals surface area contributed by atoms with Crippen molar-refractivity contribution in [3.63, 3.8) is 0 Å². The summed E-state index contributed by atoms with van der Waals surface area (Å²) in [5.41, 5.74) is 1.46. The van der Waals surface area contributed by atoms with Crippen LogP contribution in [0, 0.1) is 0 Å². The van der Waals surface area contributed by atoms with Gasteiger partial charge in [-0.05, 0) is 66.6 Å². The van der Waals surface area contributed by atoms with E-state index in [2.05, 4.69) is 15.5 Å². The molecule has 122 valence electrons. The van der Waals surface area contributed by atoms with Crippen LogP contribution in [0.3, 0.4) is 0 Å². The average Bonchev–Trinajstić information content (AvgIpc) is 3.10. The van der Waals surface area contributed by atoms with Gasteiger partial charge in [0.2, 0.25) is 0 Å². The Balaban J connectivity index is 1.59. The summed E-state index contributed by atoms with van der Waals surface area (Å²) < 4.78 is 7.04. The van der Waals surface area contributed by atoms with Crippen LogP contribution in [-0.4, -0.2) is 37.1 Å². The Morgan fingerprint density at radius 3 is 2.67 bits per heavy atom. The lowest BCUT2D eigenvalue weighted by atomic mass is 10.1. The van der Waals surface area contributed by atoms with Crippen molar-refractivity contribution in [2.75, 3.05) is 0 Å². The molecule has 1 aliphatic carbocycles. The topological polar surface area (TPSA) is 77.0 Å². The van der Waals surface area contributed by atoms with Gasteiger partial charge >= 0.3 is 0 Å². The lowest BCUT2D eigenvalue weighted by Crippen LogP contribution is -2.35. The molecule has 1 amide bonds. The van der Waals surface area contributed by atoms with Crippen molar-refractivity contribution in [1.29, 1.82) is 0 Å². The quantitative estimate of drug-likeness (QED) is 0.721. The molecule has 7 nitrogen and oxygen atoms in total. The summed E-state index contributed by atoms with van der Waals surface area (Å²) in [6.07, 6.45) is 5.24. The summed E-state index contributed by atoms with van der Waals surface area (Å²) in [5.74, 6) is 0.824. The predicted molar refractivity (Wildman–Crippen MR) is 85.5 cm³/mol. The third kappa shape index (κ3) is 2.68. The van der Waals surface area contributed by atoms with Crippen molar-refractivity contribution in [1.82, 2.24) is 25.1 Å². The molecule has 1 saturated carbocycles. The summed E-state index contributed by atoms with van der Waals surface area (Å²) in [4.78, 5) is 14.9. The van der Waals surface area contributed by atoms with E-state index in [-0.39, 0.29) is 18.0 Å². The maximum absolute atomic E-state index is 13.0. The van der Waals surface area contributed by atoms with E-state index in [1.54, 1.807) is 10.9 Å². The Labute approximate surface area is 138 Å². The van der Waals surface area contributed by atoms with Crippen LogP contribution in [0.1, 0.15) is 41.9 Å². The summed E-state index contributed by atoms with van der Waals surface area (Å²) in [5, 5.41) is 11.1. The van der Waals surface area contributed by atoms with Crippen molar-refractivity contribution < 1.29 is 9.21 Å². The van der Waals surface area contributed by atoms with E-state index in [1.807, 2.05) is 48.2 Å². The molecule has 1 aliphatic rings. The van der Waals surface area contributed by atoms with Gasteiger partial charge in [-0.25, -0.2) is 4.68 Å². The molecule has 1 aromatic carbocycles.